The minimum atomic E-state index is -4.00. The molecule has 20 heteroatoms. The Morgan fingerprint density at radius 2 is 1.57 bits per heavy atom. The molecule has 2 heterocycles. The van der Waals surface area contributed by atoms with Crippen LogP contribution in [0.3, 0.4) is 0 Å². The number of rotatable bonds is 13. The van der Waals surface area contributed by atoms with Crippen molar-refractivity contribution in [3.63, 3.8) is 0 Å². The van der Waals surface area contributed by atoms with Crippen molar-refractivity contribution in [1.82, 2.24) is 10.6 Å². The highest BCUT2D eigenvalue weighted by atomic mass is 19.3. The highest BCUT2D eigenvalue weighted by Gasteiger charge is 2.52. The highest BCUT2D eigenvalue weighted by molar-refractivity contribution is 5.82. The van der Waals surface area contributed by atoms with Gasteiger partial charge in [-0.1, -0.05) is 0 Å². The summed E-state index contributed by atoms with van der Waals surface area (Å²) in [6, 6.07) is -4.78. The Kier molecular flexibility index (Phi) is 13.5. The second kappa shape index (κ2) is 16.0. The number of nitrogens with two attached hydrogens (primary N) is 4. The Morgan fingerprint density at radius 3 is 2.18 bits per heavy atom. The molecular weight excluding hydrogens is 602 g/mol. The Morgan fingerprint density at radius 1 is 0.932 bits per heavy atom. The van der Waals surface area contributed by atoms with Gasteiger partial charge in [-0.05, 0) is 12.8 Å². The summed E-state index contributed by atoms with van der Waals surface area (Å²) in [6.07, 6.45) is -17.2. The summed E-state index contributed by atoms with van der Waals surface area (Å²) in [5, 5.41) is 76.1. The van der Waals surface area contributed by atoms with Crippen LogP contribution in [0.15, 0.2) is 0 Å². The molecule has 17 N–H and O–H groups in total. The maximum atomic E-state index is 14.0. The average molecular weight is 649 g/mol. The molecule has 0 spiro atoms. The molecule has 2 saturated heterocycles. The summed E-state index contributed by atoms with van der Waals surface area (Å²) in [5.74, 6) is -5.56. The monoisotopic (exact) mass is 648 g/mol. The molecular formula is C24H46F2N6O12. The van der Waals surface area contributed by atoms with Crippen LogP contribution in [0.4, 0.5) is 8.78 Å². The topological polar surface area (TPSA) is 324 Å². The zero-order valence-electron chi connectivity index (χ0n) is 23.8. The molecule has 0 aromatic rings. The number of nitrogens with one attached hydrogen (secondary N) is 2. The first-order chi connectivity index (χ1) is 20.7. The standard InChI is InChI=1S/C24H46F2N6O12/c25-24(26,7-27)20(39)21(40)32-10-3-8(28)18(43-22-9(29)4-11(35)12(41-22)5-31-1-2-33)17(38)19(10)44-23-16(37)14(30)15(36)13(6-34)42-23/h8-20,22-23,31,33-39H,1-7,27-30H2,(H,32,40)/t8-,9+,10+,11-,12+,13+,14-,15+,16+,17-,18+,19-,20?,22+,23+/m0/s1. The molecule has 258 valence electrons. The van der Waals surface area contributed by atoms with Gasteiger partial charge in [0.1, 0.15) is 36.6 Å². The number of hydrogen-bond donors (Lipinski definition) is 13. The fourth-order valence-electron chi connectivity index (χ4n) is 5.39. The maximum Gasteiger partial charge on any atom is 0.294 e. The van der Waals surface area contributed by atoms with Gasteiger partial charge in [-0.15, -0.1) is 0 Å². The number of hydrogen-bond acceptors (Lipinski definition) is 17. The Balaban J connectivity index is 1.84. The van der Waals surface area contributed by atoms with E-state index in [4.69, 9.17) is 47.0 Å². The Hall–Kier alpha value is -1.31. The van der Waals surface area contributed by atoms with Gasteiger partial charge in [0.25, 0.3) is 11.8 Å². The van der Waals surface area contributed by atoms with Crippen LogP contribution in [0.1, 0.15) is 12.8 Å². The number of ether oxygens (including phenoxy) is 4. The third kappa shape index (κ3) is 8.53. The summed E-state index contributed by atoms with van der Waals surface area (Å²) in [6.45, 7) is -1.89. The predicted octanol–water partition coefficient (Wildman–Crippen LogP) is -7.56. The van der Waals surface area contributed by atoms with E-state index in [0.717, 1.165) is 0 Å². The van der Waals surface area contributed by atoms with Crippen LogP contribution in [0.2, 0.25) is 0 Å². The number of alkyl halides is 2. The van der Waals surface area contributed by atoms with E-state index < -0.39 is 117 Å². The summed E-state index contributed by atoms with van der Waals surface area (Å²) < 4.78 is 50.9. The molecule has 0 bridgehead atoms. The zero-order chi connectivity index (χ0) is 32.9. The summed E-state index contributed by atoms with van der Waals surface area (Å²) in [5.41, 5.74) is 23.2. The molecule has 1 saturated carbocycles. The first-order valence-electron chi connectivity index (χ1n) is 14.3. The number of carbonyl (C=O) groups excluding carboxylic acids is 1. The van der Waals surface area contributed by atoms with Crippen LogP contribution in [-0.2, 0) is 23.7 Å². The van der Waals surface area contributed by atoms with Crippen LogP contribution in [0, 0.1) is 0 Å². The number of aliphatic hydroxyl groups is 7. The lowest BCUT2D eigenvalue weighted by Crippen LogP contribution is -2.69. The lowest BCUT2D eigenvalue weighted by molar-refractivity contribution is -0.316. The molecule has 1 amide bonds. The summed E-state index contributed by atoms with van der Waals surface area (Å²) in [4.78, 5) is 12.6. The lowest BCUT2D eigenvalue weighted by atomic mass is 9.83. The van der Waals surface area contributed by atoms with E-state index in [1.807, 2.05) is 0 Å². The predicted molar refractivity (Wildman–Crippen MR) is 143 cm³/mol. The molecule has 3 aliphatic rings. The van der Waals surface area contributed by atoms with Gasteiger partial charge in [-0.3, -0.25) is 4.79 Å². The fourth-order valence-corrected chi connectivity index (χ4v) is 5.39. The molecule has 0 aromatic heterocycles. The molecule has 2 aliphatic heterocycles. The largest absolute Gasteiger partial charge is 0.395 e. The first kappa shape index (κ1) is 37.2. The minimum Gasteiger partial charge on any atom is -0.395 e. The maximum absolute atomic E-state index is 14.0. The van der Waals surface area contributed by atoms with Crippen molar-refractivity contribution in [1.29, 1.82) is 0 Å². The molecule has 15 atom stereocenters. The Labute approximate surface area is 251 Å². The zero-order valence-corrected chi connectivity index (χ0v) is 23.8. The van der Waals surface area contributed by atoms with Gasteiger partial charge in [0.05, 0.1) is 50.1 Å². The minimum absolute atomic E-state index is 0.0327. The third-order valence-electron chi connectivity index (χ3n) is 8.02. The summed E-state index contributed by atoms with van der Waals surface area (Å²) in [7, 11) is 0. The number of halogens is 2. The van der Waals surface area contributed by atoms with Gasteiger partial charge in [-0.25, -0.2) is 8.78 Å². The van der Waals surface area contributed by atoms with Crippen LogP contribution >= 0.6 is 0 Å². The Bertz CT molecular complexity index is 918. The molecule has 1 unspecified atom stereocenters. The van der Waals surface area contributed by atoms with Gasteiger partial charge in [0.2, 0.25) is 0 Å². The highest BCUT2D eigenvalue weighted by Crippen LogP contribution is 2.32. The van der Waals surface area contributed by atoms with E-state index in [-0.39, 0.29) is 32.5 Å². The molecule has 1 aliphatic carbocycles. The summed E-state index contributed by atoms with van der Waals surface area (Å²) >= 11 is 0. The van der Waals surface area contributed by atoms with Crippen molar-refractivity contribution in [2.24, 2.45) is 22.9 Å². The van der Waals surface area contributed by atoms with E-state index in [2.05, 4.69) is 10.6 Å². The molecule has 3 rings (SSSR count). The van der Waals surface area contributed by atoms with Gasteiger partial charge >= 0.3 is 0 Å². The molecule has 44 heavy (non-hydrogen) atoms. The second-order valence-corrected chi connectivity index (χ2v) is 11.3. The van der Waals surface area contributed by atoms with Crippen molar-refractivity contribution >= 4 is 5.91 Å². The fraction of sp³-hybridized carbons (Fsp3) is 0.958. The van der Waals surface area contributed by atoms with Crippen LogP contribution in [-0.4, -0.2) is 172 Å². The third-order valence-corrected chi connectivity index (χ3v) is 8.02. The molecule has 0 radical (unpaired) electrons. The van der Waals surface area contributed by atoms with Gasteiger partial charge < -0.3 is 88.3 Å². The van der Waals surface area contributed by atoms with E-state index in [9.17, 15) is 44.2 Å². The van der Waals surface area contributed by atoms with E-state index in [1.54, 1.807) is 0 Å². The van der Waals surface area contributed by atoms with Crippen molar-refractivity contribution in [3.05, 3.63) is 0 Å². The van der Waals surface area contributed by atoms with Gasteiger partial charge in [0.15, 0.2) is 18.7 Å². The van der Waals surface area contributed by atoms with Crippen molar-refractivity contribution in [2.45, 2.75) is 110 Å². The van der Waals surface area contributed by atoms with E-state index in [0.29, 0.717) is 0 Å². The van der Waals surface area contributed by atoms with Crippen LogP contribution in [0.25, 0.3) is 0 Å². The van der Waals surface area contributed by atoms with Crippen molar-refractivity contribution < 1.29 is 68.3 Å². The number of amides is 1. The van der Waals surface area contributed by atoms with Gasteiger partial charge in [-0.2, -0.15) is 0 Å². The SMILES string of the molecule is NCC(F)(F)C(O)C(=O)N[C@@H]1C[C@H](N)[C@@H](O[C@H]2O[C@H](CNCCO)[C@@H](O)C[C@H]2N)[C@H](O)[C@H]1O[C@H]1O[C@H](CO)[C@@H](O)[C@H](N)[C@H]1O. The molecule has 3 fully saturated rings. The van der Waals surface area contributed by atoms with E-state index in [1.165, 1.54) is 0 Å². The van der Waals surface area contributed by atoms with E-state index >= 15 is 0 Å². The molecule has 0 aromatic carbocycles. The van der Waals surface area contributed by atoms with Crippen molar-refractivity contribution in [3.8, 4) is 0 Å². The lowest BCUT2D eigenvalue weighted by Gasteiger charge is -2.48. The number of aliphatic hydroxyl groups excluding tert-OH is 7. The number of carbonyl (C=O) groups is 1. The van der Waals surface area contributed by atoms with Crippen LogP contribution < -0.4 is 33.6 Å². The average Bonchev–Trinajstić information content (AvgIpc) is 2.98. The normalized spacial score (nSPS) is 42.6. The quantitative estimate of drug-likeness (QED) is 0.0825. The van der Waals surface area contributed by atoms with Gasteiger partial charge in [0, 0.05) is 19.1 Å². The first-order valence-corrected chi connectivity index (χ1v) is 14.3. The molecule has 18 nitrogen and oxygen atoms in total. The van der Waals surface area contributed by atoms with Crippen molar-refractivity contribution in [2.75, 3.05) is 32.8 Å². The second-order valence-electron chi connectivity index (χ2n) is 11.3. The smallest absolute Gasteiger partial charge is 0.294 e. The van der Waals surface area contributed by atoms with Crippen LogP contribution in [0.5, 0.6) is 0 Å².